The van der Waals surface area contributed by atoms with Gasteiger partial charge >= 0.3 is 11.9 Å². The van der Waals surface area contributed by atoms with Crippen LogP contribution in [0.25, 0.3) is 0 Å². The third kappa shape index (κ3) is 3.26. The number of benzene rings is 1. The predicted molar refractivity (Wildman–Crippen MR) is 86.8 cm³/mol. The van der Waals surface area contributed by atoms with E-state index in [0.29, 0.717) is 11.3 Å². The van der Waals surface area contributed by atoms with Gasteiger partial charge in [-0.3, -0.25) is 0 Å². The van der Waals surface area contributed by atoms with Gasteiger partial charge in [0.25, 0.3) is 0 Å². The first-order valence-electron chi connectivity index (χ1n) is 7.19. The maximum Gasteiger partial charge on any atom is 0.338 e. The summed E-state index contributed by atoms with van der Waals surface area (Å²) in [6.07, 6.45) is -2.46. The first-order valence-corrected chi connectivity index (χ1v) is 8.11. The molecule has 7 nitrogen and oxygen atoms in total. The van der Waals surface area contributed by atoms with E-state index < -0.39 is 29.9 Å². The highest BCUT2D eigenvalue weighted by Gasteiger charge is 2.57. The van der Waals surface area contributed by atoms with Crippen LogP contribution < -0.4 is 4.74 Å². The Morgan fingerprint density at radius 1 is 1.04 bits per heavy atom. The molecule has 0 N–H and O–H groups in total. The van der Waals surface area contributed by atoms with Crippen molar-refractivity contribution >= 4 is 27.9 Å². The van der Waals surface area contributed by atoms with E-state index in [9.17, 15) is 9.59 Å². The van der Waals surface area contributed by atoms with E-state index in [2.05, 4.69) is 15.9 Å². The molecular formula is C16H19BrO7. The molecule has 0 aliphatic carbocycles. The summed E-state index contributed by atoms with van der Waals surface area (Å²) in [7, 11) is 3.98. The van der Waals surface area contributed by atoms with Gasteiger partial charge in [-0.05, 0) is 31.2 Å². The molecule has 1 saturated heterocycles. The second-order valence-corrected chi connectivity index (χ2v) is 6.51. The van der Waals surface area contributed by atoms with E-state index in [1.165, 1.54) is 14.2 Å². The number of hydrogen-bond donors (Lipinski definition) is 0. The van der Waals surface area contributed by atoms with Gasteiger partial charge in [-0.2, -0.15) is 0 Å². The van der Waals surface area contributed by atoms with Gasteiger partial charge in [0.15, 0.2) is 12.2 Å². The normalized spacial score (nSPS) is 23.4. The largest absolute Gasteiger partial charge is 0.497 e. The summed E-state index contributed by atoms with van der Waals surface area (Å²) in [5, 5.41) is 0. The molecule has 132 valence electrons. The molecule has 24 heavy (non-hydrogen) atoms. The molecule has 8 heteroatoms. The zero-order chi connectivity index (χ0) is 17.9. The number of esters is 2. The van der Waals surface area contributed by atoms with Gasteiger partial charge in [-0.15, -0.1) is 0 Å². The van der Waals surface area contributed by atoms with E-state index in [1.54, 1.807) is 38.3 Å². The molecule has 0 spiro atoms. The number of carbonyl (C=O) groups is 2. The first-order chi connectivity index (χ1) is 11.4. The lowest BCUT2D eigenvalue weighted by molar-refractivity contribution is -0.192. The van der Waals surface area contributed by atoms with Crippen molar-refractivity contribution in [3.05, 3.63) is 29.8 Å². The number of ether oxygens (including phenoxy) is 5. The van der Waals surface area contributed by atoms with Gasteiger partial charge in [0.1, 0.15) is 5.75 Å². The van der Waals surface area contributed by atoms with Crippen molar-refractivity contribution < 1.29 is 33.3 Å². The van der Waals surface area contributed by atoms with Crippen molar-refractivity contribution in [2.24, 2.45) is 0 Å². The lowest BCUT2D eigenvalue weighted by atomic mass is 10.0. The molecular weight excluding hydrogens is 384 g/mol. The minimum Gasteiger partial charge on any atom is -0.497 e. The van der Waals surface area contributed by atoms with Crippen LogP contribution in [0.1, 0.15) is 12.5 Å². The number of methoxy groups -OCH3 is 3. The van der Waals surface area contributed by atoms with Crippen molar-refractivity contribution in [2.45, 2.75) is 29.7 Å². The smallest absolute Gasteiger partial charge is 0.338 e. The molecule has 2 rings (SSSR count). The summed E-state index contributed by atoms with van der Waals surface area (Å²) < 4.78 is 26.3. The maximum absolute atomic E-state index is 12.0. The number of carbonyl (C=O) groups excluding carboxylic acids is 2. The molecule has 0 bridgehead atoms. The fourth-order valence-electron chi connectivity index (χ4n) is 2.48. The Hall–Kier alpha value is -1.64. The van der Waals surface area contributed by atoms with Crippen LogP contribution in [0.3, 0.4) is 0 Å². The SMILES string of the molecule is COC(=O)[C@@H]1OC(c2ccc(OC)cc2)(C(C)Br)O[C@H]1C(=O)OC. The molecule has 0 radical (unpaired) electrons. The second kappa shape index (κ2) is 7.50. The van der Waals surface area contributed by atoms with Crippen LogP contribution in [0.5, 0.6) is 5.75 Å². The van der Waals surface area contributed by atoms with Crippen LogP contribution in [0.2, 0.25) is 0 Å². The van der Waals surface area contributed by atoms with Gasteiger partial charge in [-0.25, -0.2) is 9.59 Å². The summed E-state index contributed by atoms with van der Waals surface area (Å²) in [4.78, 5) is 23.7. The Morgan fingerprint density at radius 2 is 1.50 bits per heavy atom. The molecule has 1 unspecified atom stereocenters. The van der Waals surface area contributed by atoms with Crippen LogP contribution >= 0.6 is 15.9 Å². The quantitative estimate of drug-likeness (QED) is 0.548. The van der Waals surface area contributed by atoms with Crippen molar-refractivity contribution in [2.75, 3.05) is 21.3 Å². The topological polar surface area (TPSA) is 80.3 Å². The van der Waals surface area contributed by atoms with Crippen LogP contribution in [0.15, 0.2) is 24.3 Å². The summed E-state index contributed by atoms with van der Waals surface area (Å²) in [6.45, 7) is 1.79. The van der Waals surface area contributed by atoms with E-state index in [1.807, 2.05) is 0 Å². The maximum atomic E-state index is 12.0. The van der Waals surface area contributed by atoms with Gasteiger partial charge in [-0.1, -0.05) is 15.9 Å². The number of rotatable bonds is 5. The van der Waals surface area contributed by atoms with Crippen molar-refractivity contribution in [1.82, 2.24) is 0 Å². The predicted octanol–water partition coefficient (Wildman–Crippen LogP) is 1.76. The minimum atomic E-state index is -1.36. The Kier molecular flexibility index (Phi) is 5.84. The highest BCUT2D eigenvalue weighted by molar-refractivity contribution is 9.09. The molecule has 1 aromatic carbocycles. The summed E-state index contributed by atoms with van der Waals surface area (Å²) in [5.41, 5.74) is 0.619. The Bertz CT molecular complexity index is 575. The van der Waals surface area contributed by atoms with Gasteiger partial charge in [0.2, 0.25) is 5.79 Å². The standard InChI is InChI=1S/C16H19BrO7/c1-9(17)16(10-5-7-11(20-2)8-6-10)23-12(14(18)21-3)13(24-16)15(19)22-4/h5-9,12-13H,1-4H3/t9?,12-,13-/m1/s1. The molecule has 1 heterocycles. The highest BCUT2D eigenvalue weighted by Crippen LogP contribution is 2.44. The molecule has 0 aromatic heterocycles. The lowest BCUT2D eigenvalue weighted by Crippen LogP contribution is -2.38. The van der Waals surface area contributed by atoms with Crippen molar-refractivity contribution in [3.8, 4) is 5.75 Å². The van der Waals surface area contributed by atoms with Crippen LogP contribution in [-0.2, 0) is 34.3 Å². The summed E-state index contributed by atoms with van der Waals surface area (Å²) in [6, 6.07) is 6.95. The van der Waals surface area contributed by atoms with Crippen molar-refractivity contribution in [3.63, 3.8) is 0 Å². The molecule has 1 aliphatic heterocycles. The Balaban J connectivity index is 2.45. The summed E-state index contributed by atoms with van der Waals surface area (Å²) >= 11 is 3.44. The molecule has 3 atom stereocenters. The molecule has 1 fully saturated rings. The fourth-order valence-corrected chi connectivity index (χ4v) is 2.96. The Labute approximate surface area is 148 Å². The third-order valence-corrected chi connectivity index (χ3v) is 4.36. The monoisotopic (exact) mass is 402 g/mol. The average molecular weight is 403 g/mol. The third-order valence-electron chi connectivity index (χ3n) is 3.76. The molecule has 0 saturated carbocycles. The van der Waals surface area contributed by atoms with Gasteiger partial charge < -0.3 is 23.7 Å². The molecule has 1 aromatic rings. The zero-order valence-electron chi connectivity index (χ0n) is 13.8. The summed E-state index contributed by atoms with van der Waals surface area (Å²) in [5.74, 6) is -2.13. The highest BCUT2D eigenvalue weighted by atomic mass is 79.9. The van der Waals surface area contributed by atoms with Gasteiger partial charge in [0.05, 0.1) is 26.2 Å². The molecule has 1 aliphatic rings. The van der Waals surface area contributed by atoms with Crippen molar-refractivity contribution in [1.29, 1.82) is 0 Å². The average Bonchev–Trinajstić information content (AvgIpc) is 3.02. The van der Waals surface area contributed by atoms with Crippen LogP contribution in [0.4, 0.5) is 0 Å². The Morgan fingerprint density at radius 3 is 1.83 bits per heavy atom. The van der Waals surface area contributed by atoms with E-state index in [0.717, 1.165) is 0 Å². The number of alkyl halides is 1. The van der Waals surface area contributed by atoms with Gasteiger partial charge in [0, 0.05) is 5.56 Å². The molecule has 0 amide bonds. The minimum absolute atomic E-state index is 0.375. The number of halogens is 1. The fraction of sp³-hybridized carbons (Fsp3) is 0.500. The zero-order valence-corrected chi connectivity index (χ0v) is 15.4. The number of hydrogen-bond acceptors (Lipinski definition) is 7. The van der Waals surface area contributed by atoms with E-state index >= 15 is 0 Å². The second-order valence-electron chi connectivity index (χ2n) is 5.14. The first kappa shape index (κ1) is 18.7. The van der Waals surface area contributed by atoms with Crippen LogP contribution in [-0.4, -0.2) is 50.3 Å². The van der Waals surface area contributed by atoms with E-state index in [4.69, 9.17) is 23.7 Å². The van der Waals surface area contributed by atoms with E-state index in [-0.39, 0.29) is 4.83 Å². The lowest BCUT2D eigenvalue weighted by Gasteiger charge is -2.31. The van der Waals surface area contributed by atoms with Crippen LogP contribution in [0, 0.1) is 0 Å².